The summed E-state index contributed by atoms with van der Waals surface area (Å²) in [7, 11) is 0. The molecule has 0 aromatic heterocycles. The Bertz CT molecular complexity index is 496. The molecule has 0 spiro atoms. The maximum Gasteiger partial charge on any atom is 0.241 e. The third kappa shape index (κ3) is 4.21. The van der Waals surface area contributed by atoms with Gasteiger partial charge in [0.05, 0.1) is 29.6 Å². The molecule has 3 unspecified atom stereocenters. The summed E-state index contributed by atoms with van der Waals surface area (Å²) in [6.45, 7) is 7.80. The molecule has 3 atom stereocenters. The van der Waals surface area contributed by atoms with Crippen molar-refractivity contribution in [3.05, 3.63) is 24.3 Å². The Hall–Kier alpha value is -1.59. The van der Waals surface area contributed by atoms with Crippen molar-refractivity contribution in [1.29, 1.82) is 0 Å². The van der Waals surface area contributed by atoms with Gasteiger partial charge in [-0.3, -0.25) is 4.79 Å². The molecule has 3 N–H and O–H groups in total. The predicted molar refractivity (Wildman–Crippen MR) is 90.2 cm³/mol. The van der Waals surface area contributed by atoms with Crippen LogP contribution in [-0.4, -0.2) is 37.2 Å². The van der Waals surface area contributed by atoms with Crippen molar-refractivity contribution in [2.45, 2.75) is 51.9 Å². The lowest BCUT2D eigenvalue weighted by Gasteiger charge is -2.37. The minimum atomic E-state index is -0.458. The molecule has 1 aromatic rings. The van der Waals surface area contributed by atoms with E-state index in [1.165, 1.54) is 0 Å². The van der Waals surface area contributed by atoms with E-state index in [2.05, 4.69) is 24.1 Å². The van der Waals surface area contributed by atoms with Crippen molar-refractivity contribution in [3.63, 3.8) is 0 Å². The first-order valence-corrected chi connectivity index (χ1v) is 8.07. The summed E-state index contributed by atoms with van der Waals surface area (Å²) < 4.78 is 5.78. The first-order valence-electron chi connectivity index (χ1n) is 8.07. The highest BCUT2D eigenvalue weighted by molar-refractivity contribution is 5.97. The summed E-state index contributed by atoms with van der Waals surface area (Å²) >= 11 is 0. The second-order valence-corrected chi connectivity index (χ2v) is 6.06. The normalized spacial score (nSPS) is 23.2. The van der Waals surface area contributed by atoms with Crippen LogP contribution in [0.3, 0.4) is 0 Å². The number of rotatable bonds is 5. The van der Waals surface area contributed by atoms with Gasteiger partial charge in [0.1, 0.15) is 0 Å². The van der Waals surface area contributed by atoms with Gasteiger partial charge in [-0.15, -0.1) is 0 Å². The number of para-hydroxylation sites is 2. The number of benzene rings is 1. The summed E-state index contributed by atoms with van der Waals surface area (Å²) in [5, 5.41) is 2.98. The fraction of sp³-hybridized carbons (Fsp3) is 0.588. The Labute approximate surface area is 132 Å². The number of morpholine rings is 1. The molecule has 1 aromatic carbocycles. The van der Waals surface area contributed by atoms with Crippen molar-refractivity contribution in [2.75, 3.05) is 23.3 Å². The molecule has 2 rings (SSSR count). The standard InChI is InChI=1S/C17H27N3O2/c1-4-7-14(18)17(21)19-15-8-5-6-9-16(15)20-10-12(2)22-13(3)11-20/h5-6,8-9,12-14H,4,7,10-11,18H2,1-3H3,(H,19,21). The van der Waals surface area contributed by atoms with Crippen LogP contribution in [0.2, 0.25) is 0 Å². The van der Waals surface area contributed by atoms with Gasteiger partial charge >= 0.3 is 0 Å². The first-order chi connectivity index (χ1) is 10.5. The lowest BCUT2D eigenvalue weighted by Crippen LogP contribution is -2.46. The van der Waals surface area contributed by atoms with E-state index in [0.29, 0.717) is 6.42 Å². The number of carbonyl (C=O) groups is 1. The number of nitrogens with zero attached hydrogens (tertiary/aromatic N) is 1. The number of nitrogens with two attached hydrogens (primary N) is 1. The highest BCUT2D eigenvalue weighted by Crippen LogP contribution is 2.28. The Kier molecular flexibility index (Phi) is 5.80. The van der Waals surface area contributed by atoms with Crippen LogP contribution >= 0.6 is 0 Å². The van der Waals surface area contributed by atoms with E-state index < -0.39 is 6.04 Å². The van der Waals surface area contributed by atoms with Crippen LogP contribution in [0.15, 0.2) is 24.3 Å². The summed E-state index contributed by atoms with van der Waals surface area (Å²) in [6, 6.07) is 7.42. The molecule has 0 bridgehead atoms. The Morgan fingerprint density at radius 1 is 1.36 bits per heavy atom. The molecule has 0 radical (unpaired) electrons. The van der Waals surface area contributed by atoms with E-state index in [1.54, 1.807) is 0 Å². The van der Waals surface area contributed by atoms with E-state index >= 15 is 0 Å². The first kappa shape index (κ1) is 16.8. The molecule has 1 fully saturated rings. The van der Waals surface area contributed by atoms with Crippen LogP contribution < -0.4 is 16.0 Å². The van der Waals surface area contributed by atoms with Gasteiger partial charge in [0, 0.05) is 13.1 Å². The van der Waals surface area contributed by atoms with Crippen molar-refractivity contribution in [3.8, 4) is 0 Å². The molecule has 5 nitrogen and oxygen atoms in total. The highest BCUT2D eigenvalue weighted by atomic mass is 16.5. The molecule has 1 aliphatic heterocycles. The van der Waals surface area contributed by atoms with Gasteiger partial charge in [-0.2, -0.15) is 0 Å². The lowest BCUT2D eigenvalue weighted by atomic mass is 10.1. The van der Waals surface area contributed by atoms with Gasteiger partial charge in [0.2, 0.25) is 5.91 Å². The monoisotopic (exact) mass is 305 g/mol. The minimum Gasteiger partial charge on any atom is -0.372 e. The number of hydrogen-bond donors (Lipinski definition) is 2. The van der Waals surface area contributed by atoms with E-state index in [0.717, 1.165) is 30.9 Å². The molecular weight excluding hydrogens is 278 g/mol. The zero-order chi connectivity index (χ0) is 16.1. The van der Waals surface area contributed by atoms with Gasteiger partial charge in [-0.05, 0) is 32.4 Å². The van der Waals surface area contributed by atoms with E-state index in [9.17, 15) is 4.79 Å². The zero-order valence-corrected chi connectivity index (χ0v) is 13.7. The maximum atomic E-state index is 12.2. The average molecular weight is 305 g/mol. The molecule has 0 aliphatic carbocycles. The average Bonchev–Trinajstić information content (AvgIpc) is 2.47. The second-order valence-electron chi connectivity index (χ2n) is 6.06. The van der Waals surface area contributed by atoms with Crippen LogP contribution in [0.4, 0.5) is 11.4 Å². The third-order valence-electron chi connectivity index (χ3n) is 3.86. The molecule has 5 heteroatoms. The Morgan fingerprint density at radius 2 is 2.00 bits per heavy atom. The molecule has 1 amide bonds. The number of hydrogen-bond acceptors (Lipinski definition) is 4. The maximum absolute atomic E-state index is 12.2. The van der Waals surface area contributed by atoms with Crippen LogP contribution in [0.5, 0.6) is 0 Å². The topological polar surface area (TPSA) is 67.6 Å². The molecule has 22 heavy (non-hydrogen) atoms. The summed E-state index contributed by atoms with van der Waals surface area (Å²) in [5.41, 5.74) is 7.75. The molecule has 0 saturated carbocycles. The summed E-state index contributed by atoms with van der Waals surface area (Å²) in [6.07, 6.45) is 1.94. The van der Waals surface area contributed by atoms with Crippen LogP contribution in [0.25, 0.3) is 0 Å². The fourth-order valence-electron chi connectivity index (χ4n) is 2.90. The van der Waals surface area contributed by atoms with Crippen LogP contribution in [-0.2, 0) is 9.53 Å². The van der Waals surface area contributed by atoms with Crippen molar-refractivity contribution < 1.29 is 9.53 Å². The number of nitrogens with one attached hydrogen (secondary N) is 1. The minimum absolute atomic E-state index is 0.122. The van der Waals surface area contributed by atoms with Crippen molar-refractivity contribution in [1.82, 2.24) is 0 Å². The Balaban J connectivity index is 2.14. The SMILES string of the molecule is CCCC(N)C(=O)Nc1ccccc1N1CC(C)OC(C)C1. The van der Waals surface area contributed by atoms with Gasteiger partial charge in [0.15, 0.2) is 0 Å². The van der Waals surface area contributed by atoms with Crippen molar-refractivity contribution in [2.24, 2.45) is 5.73 Å². The number of amides is 1. The Morgan fingerprint density at radius 3 is 2.64 bits per heavy atom. The quantitative estimate of drug-likeness (QED) is 0.876. The summed E-state index contributed by atoms with van der Waals surface area (Å²) in [5.74, 6) is -0.122. The highest BCUT2D eigenvalue weighted by Gasteiger charge is 2.24. The second kappa shape index (κ2) is 7.61. The smallest absolute Gasteiger partial charge is 0.241 e. The van der Waals surface area contributed by atoms with Crippen LogP contribution in [0.1, 0.15) is 33.6 Å². The molecule has 1 heterocycles. The van der Waals surface area contributed by atoms with Gasteiger partial charge < -0.3 is 20.7 Å². The van der Waals surface area contributed by atoms with Crippen molar-refractivity contribution >= 4 is 17.3 Å². The molecule has 122 valence electrons. The zero-order valence-electron chi connectivity index (χ0n) is 13.7. The predicted octanol–water partition coefficient (Wildman–Crippen LogP) is 2.37. The van der Waals surface area contributed by atoms with E-state index in [-0.39, 0.29) is 18.1 Å². The fourth-order valence-corrected chi connectivity index (χ4v) is 2.90. The number of anilines is 2. The van der Waals surface area contributed by atoms with E-state index in [1.807, 2.05) is 31.2 Å². The molecule has 1 aliphatic rings. The lowest BCUT2D eigenvalue weighted by molar-refractivity contribution is -0.117. The molecular formula is C17H27N3O2. The number of carbonyl (C=O) groups excluding carboxylic acids is 1. The largest absolute Gasteiger partial charge is 0.372 e. The van der Waals surface area contributed by atoms with Gasteiger partial charge in [-0.1, -0.05) is 25.5 Å². The summed E-state index contributed by atoms with van der Waals surface area (Å²) in [4.78, 5) is 14.5. The molecule has 1 saturated heterocycles. The van der Waals surface area contributed by atoms with Gasteiger partial charge in [0.25, 0.3) is 0 Å². The van der Waals surface area contributed by atoms with E-state index in [4.69, 9.17) is 10.5 Å². The third-order valence-corrected chi connectivity index (χ3v) is 3.86. The van der Waals surface area contributed by atoms with Crippen LogP contribution in [0, 0.1) is 0 Å². The van der Waals surface area contributed by atoms with Gasteiger partial charge in [-0.25, -0.2) is 0 Å². The number of ether oxygens (including phenoxy) is 1.